The summed E-state index contributed by atoms with van der Waals surface area (Å²) >= 11 is 0. The minimum absolute atomic E-state index is 0.301. The maximum Gasteiger partial charge on any atom is 0.323 e. The first-order chi connectivity index (χ1) is 4.79. The van der Waals surface area contributed by atoms with Crippen LogP contribution in [0.3, 0.4) is 0 Å². The maximum absolute atomic E-state index is 10.8. The number of fused-ring (bicyclic) bond motifs is 1. The number of imidazole rings is 1. The monoisotopic (exact) mass is 137 g/mol. The third-order valence-electron chi connectivity index (χ3n) is 1.28. The summed E-state index contributed by atoms with van der Waals surface area (Å²) in [4.78, 5) is 25.0. The van der Waals surface area contributed by atoms with Crippen molar-refractivity contribution in [1.29, 1.82) is 0 Å². The molecule has 0 saturated carbocycles. The highest BCUT2D eigenvalue weighted by atomic mass is 16.2. The van der Waals surface area contributed by atoms with Crippen molar-refractivity contribution < 1.29 is 9.59 Å². The van der Waals surface area contributed by atoms with Crippen LogP contribution in [0.5, 0.6) is 0 Å². The number of anilines is 1. The van der Waals surface area contributed by atoms with Crippen LogP contribution in [-0.2, 0) is 4.79 Å². The molecule has 1 aliphatic rings. The van der Waals surface area contributed by atoms with E-state index in [1.807, 2.05) is 0 Å². The molecule has 1 aromatic heterocycles. The molecule has 5 heteroatoms. The van der Waals surface area contributed by atoms with Crippen molar-refractivity contribution in [3.05, 3.63) is 12.4 Å². The van der Waals surface area contributed by atoms with Gasteiger partial charge in [-0.1, -0.05) is 0 Å². The molecule has 5 nitrogen and oxygen atoms in total. The Morgan fingerprint density at radius 2 is 2.30 bits per heavy atom. The van der Waals surface area contributed by atoms with Crippen LogP contribution >= 0.6 is 0 Å². The van der Waals surface area contributed by atoms with Gasteiger partial charge in [-0.15, -0.1) is 0 Å². The molecule has 0 fully saturated rings. The number of amides is 1. The molecule has 0 unspecified atom stereocenters. The number of hydrogen-bond acceptors (Lipinski definition) is 3. The van der Waals surface area contributed by atoms with Crippen LogP contribution in [0, 0.1) is 0 Å². The van der Waals surface area contributed by atoms with Crippen molar-refractivity contribution in [2.75, 3.05) is 5.32 Å². The van der Waals surface area contributed by atoms with E-state index < -0.39 is 11.8 Å². The number of carbonyl (C=O) groups excluding carboxylic acids is 2. The van der Waals surface area contributed by atoms with Gasteiger partial charge in [-0.25, -0.2) is 9.55 Å². The van der Waals surface area contributed by atoms with E-state index in [0.29, 0.717) is 5.95 Å². The highest BCUT2D eigenvalue weighted by molar-refractivity contribution is 6.43. The van der Waals surface area contributed by atoms with Gasteiger partial charge in [-0.3, -0.25) is 14.9 Å². The van der Waals surface area contributed by atoms with E-state index in [-0.39, 0.29) is 0 Å². The summed E-state index contributed by atoms with van der Waals surface area (Å²) in [6, 6.07) is 0. The molecule has 50 valence electrons. The van der Waals surface area contributed by atoms with E-state index in [1.54, 1.807) is 0 Å². The van der Waals surface area contributed by atoms with Crippen molar-refractivity contribution in [1.82, 2.24) is 9.55 Å². The predicted octanol–water partition coefficient (Wildman–Crippen LogP) is -0.525. The Kier molecular flexibility index (Phi) is 0.743. The van der Waals surface area contributed by atoms with Gasteiger partial charge in [0.1, 0.15) is 0 Å². The Bertz CT molecular complexity index is 314. The van der Waals surface area contributed by atoms with E-state index in [0.717, 1.165) is 0 Å². The molecule has 0 radical (unpaired) electrons. The Balaban J connectivity index is 2.63. The van der Waals surface area contributed by atoms with Crippen LogP contribution in [0.4, 0.5) is 5.95 Å². The van der Waals surface area contributed by atoms with Gasteiger partial charge in [0.2, 0.25) is 5.95 Å². The van der Waals surface area contributed by atoms with E-state index in [2.05, 4.69) is 10.3 Å². The molecule has 1 aromatic rings. The predicted molar refractivity (Wildman–Crippen MR) is 31.5 cm³/mol. The SMILES string of the molecule is O=C1Nc2nccn2C1=O. The first-order valence-electron chi connectivity index (χ1n) is 2.68. The van der Waals surface area contributed by atoms with Crippen molar-refractivity contribution in [3.8, 4) is 0 Å². The fraction of sp³-hybridized carbons (Fsp3) is 0. The molecule has 2 heterocycles. The van der Waals surface area contributed by atoms with Crippen LogP contribution in [0.1, 0.15) is 4.79 Å². The summed E-state index contributed by atoms with van der Waals surface area (Å²) in [6.45, 7) is 0. The number of nitrogens with zero attached hydrogens (tertiary/aromatic N) is 2. The lowest BCUT2D eigenvalue weighted by Crippen LogP contribution is -2.16. The van der Waals surface area contributed by atoms with Crippen molar-refractivity contribution in [2.24, 2.45) is 0 Å². The zero-order valence-electron chi connectivity index (χ0n) is 4.87. The zero-order valence-corrected chi connectivity index (χ0v) is 4.87. The second-order valence-electron chi connectivity index (χ2n) is 1.88. The lowest BCUT2D eigenvalue weighted by Gasteiger charge is -1.83. The van der Waals surface area contributed by atoms with Gasteiger partial charge < -0.3 is 0 Å². The molecule has 0 saturated heterocycles. The minimum Gasteiger partial charge on any atom is -0.287 e. The third kappa shape index (κ3) is 0.439. The zero-order chi connectivity index (χ0) is 7.14. The second-order valence-corrected chi connectivity index (χ2v) is 1.88. The summed E-state index contributed by atoms with van der Waals surface area (Å²) in [5.74, 6) is -0.898. The number of rotatable bonds is 0. The molecule has 0 spiro atoms. The van der Waals surface area contributed by atoms with Gasteiger partial charge >= 0.3 is 11.8 Å². The van der Waals surface area contributed by atoms with Crippen LogP contribution < -0.4 is 5.32 Å². The molecule has 0 atom stereocenters. The van der Waals surface area contributed by atoms with Crippen LogP contribution in [0.2, 0.25) is 0 Å². The van der Waals surface area contributed by atoms with Gasteiger partial charge in [0, 0.05) is 12.4 Å². The molecule has 1 N–H and O–H groups in total. The number of carbonyl (C=O) groups is 2. The number of nitrogens with one attached hydrogen (secondary N) is 1. The second kappa shape index (κ2) is 1.44. The number of aromatic nitrogens is 2. The third-order valence-corrected chi connectivity index (χ3v) is 1.28. The Morgan fingerprint density at radius 1 is 1.50 bits per heavy atom. The summed E-state index contributed by atoms with van der Waals surface area (Å²) in [5, 5.41) is 2.29. The quantitative estimate of drug-likeness (QED) is 0.489. The van der Waals surface area contributed by atoms with Gasteiger partial charge in [0.25, 0.3) is 0 Å². The van der Waals surface area contributed by atoms with Crippen molar-refractivity contribution in [3.63, 3.8) is 0 Å². The molecule has 0 aromatic carbocycles. The largest absolute Gasteiger partial charge is 0.323 e. The standard InChI is InChI=1S/C5H3N3O2/c9-3-4(10)8-2-1-6-5(8)7-3/h1-2H,(H,6,7,9). The van der Waals surface area contributed by atoms with Crippen molar-refractivity contribution in [2.45, 2.75) is 0 Å². The summed E-state index contributed by atoms with van der Waals surface area (Å²) in [5.41, 5.74) is 0. The highest BCUT2D eigenvalue weighted by Gasteiger charge is 2.27. The van der Waals surface area contributed by atoms with Crippen LogP contribution in [-0.4, -0.2) is 21.4 Å². The van der Waals surface area contributed by atoms with Gasteiger partial charge in [0.05, 0.1) is 0 Å². The molecular formula is C5H3N3O2. The lowest BCUT2D eigenvalue weighted by molar-refractivity contribution is -0.112. The van der Waals surface area contributed by atoms with Crippen LogP contribution in [0.25, 0.3) is 0 Å². The first-order valence-corrected chi connectivity index (χ1v) is 2.68. The first kappa shape index (κ1) is 5.16. The van der Waals surface area contributed by atoms with Crippen molar-refractivity contribution >= 4 is 17.8 Å². The number of hydrogen-bond donors (Lipinski definition) is 1. The van der Waals surface area contributed by atoms with Gasteiger partial charge in [0.15, 0.2) is 0 Å². The topological polar surface area (TPSA) is 64.0 Å². The normalized spacial score (nSPS) is 15.2. The van der Waals surface area contributed by atoms with E-state index in [1.165, 1.54) is 17.0 Å². The molecule has 1 amide bonds. The summed E-state index contributed by atoms with van der Waals surface area (Å²) in [6.07, 6.45) is 2.89. The smallest absolute Gasteiger partial charge is 0.287 e. The lowest BCUT2D eigenvalue weighted by atomic mass is 10.6. The van der Waals surface area contributed by atoms with E-state index in [9.17, 15) is 9.59 Å². The van der Waals surface area contributed by atoms with Crippen LogP contribution in [0.15, 0.2) is 12.4 Å². The fourth-order valence-electron chi connectivity index (χ4n) is 0.824. The average Bonchev–Trinajstić information content (AvgIpc) is 2.41. The Hall–Kier alpha value is -1.65. The van der Waals surface area contributed by atoms with Gasteiger partial charge in [-0.2, -0.15) is 0 Å². The van der Waals surface area contributed by atoms with E-state index in [4.69, 9.17) is 0 Å². The molecule has 0 bridgehead atoms. The molecule has 10 heavy (non-hydrogen) atoms. The summed E-state index contributed by atoms with van der Waals surface area (Å²) < 4.78 is 1.17. The molecule has 0 aliphatic carbocycles. The Labute approximate surface area is 55.7 Å². The molecular weight excluding hydrogens is 134 g/mol. The molecule has 1 aliphatic heterocycles. The van der Waals surface area contributed by atoms with E-state index >= 15 is 0 Å². The Morgan fingerprint density at radius 3 is 3.00 bits per heavy atom. The average molecular weight is 137 g/mol. The minimum atomic E-state index is -0.622. The fourth-order valence-corrected chi connectivity index (χ4v) is 0.824. The molecule has 2 rings (SSSR count). The maximum atomic E-state index is 10.8. The highest BCUT2D eigenvalue weighted by Crippen LogP contribution is 2.10. The summed E-state index contributed by atoms with van der Waals surface area (Å²) in [7, 11) is 0. The van der Waals surface area contributed by atoms with Gasteiger partial charge in [-0.05, 0) is 0 Å².